The summed E-state index contributed by atoms with van der Waals surface area (Å²) in [6.45, 7) is 4.93. The van der Waals surface area contributed by atoms with Crippen molar-refractivity contribution in [3.05, 3.63) is 105 Å². The normalized spacial score (nSPS) is 12.1. The number of nitrogens with zero attached hydrogens (tertiary/aromatic N) is 4. The molecule has 0 spiro atoms. The molecular weight excluding hydrogens is 480 g/mol. The van der Waals surface area contributed by atoms with Crippen molar-refractivity contribution >= 4 is 33.4 Å². The quantitative estimate of drug-likeness (QED) is 0.257. The first-order chi connectivity index (χ1) is 18.1. The Balaban J connectivity index is 1.50. The fourth-order valence-corrected chi connectivity index (χ4v) is 5.47. The Labute approximate surface area is 218 Å². The van der Waals surface area contributed by atoms with Crippen LogP contribution in [0.3, 0.4) is 0 Å². The van der Waals surface area contributed by atoms with Gasteiger partial charge in [0.25, 0.3) is 5.56 Å². The monoisotopic (exact) mass is 506 g/mol. The van der Waals surface area contributed by atoms with Gasteiger partial charge in [-0.3, -0.25) is 4.79 Å². The summed E-state index contributed by atoms with van der Waals surface area (Å²) in [7, 11) is 0. The molecule has 6 aromatic rings. The fraction of sp³-hybridized carbons (Fsp3) is 0.167. The summed E-state index contributed by atoms with van der Waals surface area (Å²) in [5.74, 6) is 0.857. The van der Waals surface area contributed by atoms with Gasteiger partial charge in [-0.15, -0.1) is 0 Å². The van der Waals surface area contributed by atoms with Gasteiger partial charge in [0.15, 0.2) is 4.96 Å². The molecule has 3 heterocycles. The lowest BCUT2D eigenvalue weighted by Crippen LogP contribution is -2.22. The first kappa shape index (κ1) is 23.2. The molecule has 0 aliphatic carbocycles. The topological polar surface area (TPSA) is 61.4 Å². The molecule has 0 saturated heterocycles. The molecule has 6 nitrogen and oxygen atoms in total. The molecule has 0 saturated carbocycles. The number of benzene rings is 3. The number of hydrogen-bond acceptors (Lipinski definition) is 5. The number of ether oxygens (including phenoxy) is 1. The molecule has 0 fully saturated rings. The molecule has 0 radical (unpaired) electrons. The summed E-state index contributed by atoms with van der Waals surface area (Å²) in [6.07, 6.45) is 6.04. The average molecular weight is 507 g/mol. The highest BCUT2D eigenvalue weighted by Gasteiger charge is 2.16. The average Bonchev–Trinajstić information content (AvgIpc) is 3.58. The van der Waals surface area contributed by atoms with E-state index in [-0.39, 0.29) is 5.56 Å². The maximum Gasteiger partial charge on any atom is 0.274 e. The number of hydrogen-bond donors (Lipinski definition) is 0. The van der Waals surface area contributed by atoms with E-state index < -0.39 is 0 Å². The van der Waals surface area contributed by atoms with Crippen molar-refractivity contribution in [1.29, 1.82) is 0 Å². The maximum atomic E-state index is 13.4. The molecule has 0 N–H and O–H groups in total. The van der Waals surface area contributed by atoms with Crippen molar-refractivity contribution < 1.29 is 4.74 Å². The van der Waals surface area contributed by atoms with Gasteiger partial charge < -0.3 is 4.74 Å². The minimum Gasteiger partial charge on any atom is -0.494 e. The summed E-state index contributed by atoms with van der Waals surface area (Å²) in [5.41, 5.74) is 6.30. The van der Waals surface area contributed by atoms with Gasteiger partial charge >= 0.3 is 0 Å². The summed E-state index contributed by atoms with van der Waals surface area (Å²) in [5, 5.41) is 4.96. The van der Waals surface area contributed by atoms with Crippen molar-refractivity contribution in [2.24, 2.45) is 0 Å². The minimum atomic E-state index is -0.0662. The van der Waals surface area contributed by atoms with Crippen LogP contribution in [0.2, 0.25) is 0 Å². The van der Waals surface area contributed by atoms with Crippen LogP contribution in [0.1, 0.15) is 30.9 Å². The zero-order valence-electron chi connectivity index (χ0n) is 20.7. The summed E-state index contributed by atoms with van der Waals surface area (Å²) in [4.78, 5) is 18.8. The number of imidazole rings is 1. The van der Waals surface area contributed by atoms with E-state index >= 15 is 0 Å². The van der Waals surface area contributed by atoms with Gasteiger partial charge in [-0.2, -0.15) is 5.10 Å². The van der Waals surface area contributed by atoms with E-state index in [1.165, 1.54) is 11.3 Å². The van der Waals surface area contributed by atoms with Gasteiger partial charge in [-0.1, -0.05) is 55.0 Å². The number of rotatable bonds is 7. The van der Waals surface area contributed by atoms with Gasteiger partial charge in [0, 0.05) is 17.3 Å². The Kier molecular flexibility index (Phi) is 6.06. The molecule has 184 valence electrons. The van der Waals surface area contributed by atoms with Crippen LogP contribution < -0.4 is 14.8 Å². The van der Waals surface area contributed by atoms with Crippen LogP contribution >= 0.6 is 11.3 Å². The second-order valence-corrected chi connectivity index (χ2v) is 10.0. The van der Waals surface area contributed by atoms with Crippen LogP contribution in [0, 0.1) is 6.92 Å². The van der Waals surface area contributed by atoms with Crippen molar-refractivity contribution in [3.63, 3.8) is 0 Å². The van der Waals surface area contributed by atoms with E-state index in [1.807, 2.05) is 77.6 Å². The van der Waals surface area contributed by atoms with Gasteiger partial charge in [0.05, 0.1) is 27.9 Å². The van der Waals surface area contributed by atoms with Gasteiger partial charge in [-0.05, 0) is 67.4 Å². The third kappa shape index (κ3) is 4.32. The van der Waals surface area contributed by atoms with E-state index in [1.54, 1.807) is 4.40 Å². The summed E-state index contributed by atoms with van der Waals surface area (Å²) in [6, 6.07) is 23.8. The molecule has 0 atom stereocenters. The second kappa shape index (κ2) is 9.67. The van der Waals surface area contributed by atoms with Gasteiger partial charge in [-0.25, -0.2) is 14.1 Å². The lowest BCUT2D eigenvalue weighted by Gasteiger charge is -2.09. The van der Waals surface area contributed by atoms with E-state index in [0.717, 1.165) is 57.7 Å². The minimum absolute atomic E-state index is 0.0662. The van der Waals surface area contributed by atoms with Crippen LogP contribution in [0.4, 0.5) is 0 Å². The Morgan fingerprint density at radius 3 is 2.65 bits per heavy atom. The van der Waals surface area contributed by atoms with E-state index in [4.69, 9.17) is 9.84 Å². The van der Waals surface area contributed by atoms with Gasteiger partial charge in [0.1, 0.15) is 11.4 Å². The van der Waals surface area contributed by atoms with Crippen molar-refractivity contribution in [1.82, 2.24) is 19.2 Å². The summed E-state index contributed by atoms with van der Waals surface area (Å²) >= 11 is 1.40. The first-order valence-corrected chi connectivity index (χ1v) is 13.2. The standard InChI is InChI=1S/C30H26N4O2S/c1-3-4-16-36-23-14-15-24(20(2)17-23)28-21(19-33(32-28)22-10-6-5-7-11-22)18-27-29(35)34-26-13-9-8-12-25(26)31-30(34)37-27/h5-15,17-19H,3-4,16H2,1-2H3/b27-18-. The predicted molar refractivity (Wildman–Crippen MR) is 150 cm³/mol. The smallest absolute Gasteiger partial charge is 0.274 e. The maximum absolute atomic E-state index is 13.4. The number of aromatic nitrogens is 4. The lowest BCUT2D eigenvalue weighted by atomic mass is 10.0. The lowest BCUT2D eigenvalue weighted by molar-refractivity contribution is 0.309. The molecule has 0 amide bonds. The Morgan fingerprint density at radius 2 is 1.84 bits per heavy atom. The van der Waals surface area contributed by atoms with E-state index in [9.17, 15) is 4.79 Å². The molecule has 0 bridgehead atoms. The first-order valence-electron chi connectivity index (χ1n) is 12.4. The number of aryl methyl sites for hydroxylation is 1. The molecular formula is C30H26N4O2S. The van der Waals surface area contributed by atoms with Crippen molar-refractivity contribution in [3.8, 4) is 22.7 Å². The molecule has 0 aliphatic heterocycles. The highest BCUT2D eigenvalue weighted by molar-refractivity contribution is 7.15. The molecule has 7 heteroatoms. The van der Waals surface area contributed by atoms with E-state index in [2.05, 4.69) is 31.0 Å². The van der Waals surface area contributed by atoms with Gasteiger partial charge in [0.2, 0.25) is 0 Å². The van der Waals surface area contributed by atoms with Crippen LogP contribution in [-0.4, -0.2) is 25.8 Å². The van der Waals surface area contributed by atoms with Crippen LogP contribution in [0.15, 0.2) is 83.8 Å². The number of thiazole rings is 1. The zero-order chi connectivity index (χ0) is 25.4. The molecule has 37 heavy (non-hydrogen) atoms. The van der Waals surface area contributed by atoms with Crippen LogP contribution in [0.25, 0.3) is 39.0 Å². The number of fused-ring (bicyclic) bond motifs is 3. The zero-order valence-corrected chi connectivity index (χ0v) is 21.5. The molecule has 3 aromatic heterocycles. The Bertz CT molecular complexity index is 1830. The largest absolute Gasteiger partial charge is 0.494 e. The molecule has 6 rings (SSSR count). The Morgan fingerprint density at radius 1 is 1.03 bits per heavy atom. The summed E-state index contributed by atoms with van der Waals surface area (Å²) < 4.78 is 10.1. The van der Waals surface area contributed by atoms with Crippen LogP contribution in [-0.2, 0) is 0 Å². The molecule has 0 aliphatic rings. The van der Waals surface area contributed by atoms with E-state index in [0.29, 0.717) is 16.1 Å². The van der Waals surface area contributed by atoms with Crippen molar-refractivity contribution in [2.45, 2.75) is 26.7 Å². The molecule has 0 unspecified atom stereocenters. The number of unbranched alkanes of at least 4 members (excludes halogenated alkanes) is 1. The fourth-order valence-electron chi connectivity index (χ4n) is 4.49. The van der Waals surface area contributed by atoms with Crippen molar-refractivity contribution in [2.75, 3.05) is 6.61 Å². The van der Waals surface area contributed by atoms with Crippen LogP contribution in [0.5, 0.6) is 5.75 Å². The predicted octanol–water partition coefficient (Wildman–Crippen LogP) is 5.80. The number of para-hydroxylation sites is 3. The highest BCUT2D eigenvalue weighted by atomic mass is 32.1. The Hall–Kier alpha value is -4.23. The SMILES string of the molecule is CCCCOc1ccc(-c2nn(-c3ccccc3)cc2/C=c2\sc3nc4ccccc4n3c2=O)c(C)c1. The highest BCUT2D eigenvalue weighted by Crippen LogP contribution is 2.30. The molecule has 3 aromatic carbocycles. The third-order valence-electron chi connectivity index (χ3n) is 6.41. The third-order valence-corrected chi connectivity index (χ3v) is 7.38. The second-order valence-electron chi connectivity index (χ2n) is 9.03.